The summed E-state index contributed by atoms with van der Waals surface area (Å²) in [6, 6.07) is 5.02. The van der Waals surface area contributed by atoms with E-state index >= 15 is 0 Å². The van der Waals surface area contributed by atoms with E-state index in [-0.39, 0.29) is 12.3 Å². The molecule has 0 aromatic heterocycles. The number of carboxylic acids is 1. The number of hydrogen-bond donors (Lipinski definition) is 2. The highest BCUT2D eigenvalue weighted by atomic mass is 35.5. The maximum absolute atomic E-state index is 12.2. The molecule has 2 N–H and O–H groups in total. The molecule has 0 atom stereocenters. The van der Waals surface area contributed by atoms with Gasteiger partial charge in [-0.2, -0.15) is 0 Å². The molecule has 0 spiro atoms. The molecule has 0 aliphatic heterocycles. The zero-order chi connectivity index (χ0) is 16.9. The molecule has 0 unspecified atom stereocenters. The molecule has 7 heteroatoms. The summed E-state index contributed by atoms with van der Waals surface area (Å²) >= 11 is 6.10. The average Bonchev–Trinajstić information content (AvgIpc) is 2.45. The number of anilines is 1. The Kier molecular flexibility index (Phi) is 5.85. The summed E-state index contributed by atoms with van der Waals surface area (Å²) in [6.07, 6.45) is 1.85. The van der Waals surface area contributed by atoms with Crippen molar-refractivity contribution in [2.24, 2.45) is 5.41 Å². The van der Waals surface area contributed by atoms with Crippen LogP contribution in [0.3, 0.4) is 0 Å². The molecular weight excluding hydrogens is 322 g/mol. The zero-order valence-corrected chi connectivity index (χ0v) is 13.7. The van der Waals surface area contributed by atoms with Crippen molar-refractivity contribution in [2.45, 2.75) is 25.7 Å². The Morgan fingerprint density at radius 3 is 2.65 bits per heavy atom. The molecule has 1 aliphatic carbocycles. The van der Waals surface area contributed by atoms with Crippen molar-refractivity contribution in [3.05, 3.63) is 23.2 Å². The second kappa shape index (κ2) is 7.66. The standard InChI is InChI=1S/C16H20ClNO5/c1-22-8-9-23-14-11(17)4-2-5-12(14)18-13(19)10-16(15(20)21)6-3-7-16/h2,4-5H,3,6-10H2,1H3,(H,18,19)(H,20,21). The molecule has 0 radical (unpaired) electrons. The van der Waals surface area contributed by atoms with E-state index in [1.54, 1.807) is 25.3 Å². The Morgan fingerprint density at radius 1 is 1.35 bits per heavy atom. The summed E-state index contributed by atoms with van der Waals surface area (Å²) < 4.78 is 10.5. The molecule has 1 aromatic rings. The van der Waals surface area contributed by atoms with Crippen LogP contribution >= 0.6 is 11.6 Å². The molecule has 23 heavy (non-hydrogen) atoms. The van der Waals surface area contributed by atoms with Crippen molar-refractivity contribution in [1.29, 1.82) is 0 Å². The normalized spacial score (nSPS) is 15.6. The predicted octanol–water partition coefficient (Wildman–Crippen LogP) is 2.95. The number of methoxy groups -OCH3 is 1. The van der Waals surface area contributed by atoms with Gasteiger partial charge in [0.25, 0.3) is 0 Å². The minimum Gasteiger partial charge on any atom is -0.487 e. The number of rotatable bonds is 8. The van der Waals surface area contributed by atoms with Gasteiger partial charge in [0.1, 0.15) is 6.61 Å². The number of nitrogens with one attached hydrogen (secondary N) is 1. The van der Waals surface area contributed by atoms with Gasteiger partial charge in [0, 0.05) is 13.5 Å². The maximum atomic E-state index is 12.2. The summed E-state index contributed by atoms with van der Waals surface area (Å²) in [5.74, 6) is -0.912. The zero-order valence-electron chi connectivity index (χ0n) is 12.9. The van der Waals surface area contributed by atoms with Crippen LogP contribution in [0.15, 0.2) is 18.2 Å². The molecule has 1 saturated carbocycles. The van der Waals surface area contributed by atoms with Crippen LogP contribution in [0.5, 0.6) is 5.75 Å². The van der Waals surface area contributed by atoms with Gasteiger partial charge < -0.3 is 19.9 Å². The number of benzene rings is 1. The summed E-state index contributed by atoms with van der Waals surface area (Å²) in [6.45, 7) is 0.683. The van der Waals surface area contributed by atoms with Crippen LogP contribution in [0.1, 0.15) is 25.7 Å². The lowest BCUT2D eigenvalue weighted by atomic mass is 9.66. The summed E-state index contributed by atoms with van der Waals surface area (Å²) in [5, 5.41) is 12.4. The van der Waals surface area contributed by atoms with Crippen molar-refractivity contribution < 1.29 is 24.2 Å². The van der Waals surface area contributed by atoms with Crippen LogP contribution in [0, 0.1) is 5.41 Å². The van der Waals surface area contributed by atoms with E-state index in [2.05, 4.69) is 5.32 Å². The molecule has 126 valence electrons. The van der Waals surface area contributed by atoms with Gasteiger partial charge in [0.2, 0.25) is 5.91 Å². The highest BCUT2D eigenvalue weighted by molar-refractivity contribution is 6.32. The molecular formula is C16H20ClNO5. The fraction of sp³-hybridized carbons (Fsp3) is 0.500. The fourth-order valence-corrected chi connectivity index (χ4v) is 2.78. The molecule has 1 amide bonds. The van der Waals surface area contributed by atoms with Crippen LogP contribution in [-0.4, -0.2) is 37.3 Å². The van der Waals surface area contributed by atoms with Gasteiger partial charge in [-0.05, 0) is 25.0 Å². The lowest BCUT2D eigenvalue weighted by molar-refractivity contribution is -0.157. The molecule has 6 nitrogen and oxygen atoms in total. The van der Waals surface area contributed by atoms with Crippen LogP contribution < -0.4 is 10.1 Å². The Bertz CT molecular complexity index is 586. The number of para-hydroxylation sites is 1. The van der Waals surface area contributed by atoms with Crippen molar-refractivity contribution in [3.63, 3.8) is 0 Å². The minimum atomic E-state index is -0.931. The first-order valence-corrected chi connectivity index (χ1v) is 7.80. The number of halogens is 1. The van der Waals surface area contributed by atoms with Gasteiger partial charge in [0.05, 0.1) is 22.7 Å². The topological polar surface area (TPSA) is 84.9 Å². The SMILES string of the molecule is COCCOc1c(Cl)cccc1NC(=O)CC1(C(=O)O)CCC1. The smallest absolute Gasteiger partial charge is 0.310 e. The van der Waals surface area contributed by atoms with E-state index in [4.69, 9.17) is 21.1 Å². The van der Waals surface area contributed by atoms with E-state index in [0.717, 1.165) is 6.42 Å². The van der Waals surface area contributed by atoms with Gasteiger partial charge in [-0.1, -0.05) is 24.1 Å². The first kappa shape index (κ1) is 17.6. The van der Waals surface area contributed by atoms with E-state index in [1.165, 1.54) is 0 Å². The molecule has 0 heterocycles. The van der Waals surface area contributed by atoms with Crippen molar-refractivity contribution in [1.82, 2.24) is 0 Å². The number of carboxylic acid groups (broad SMARTS) is 1. The van der Waals surface area contributed by atoms with Crippen molar-refractivity contribution in [2.75, 3.05) is 25.6 Å². The number of amides is 1. The highest BCUT2D eigenvalue weighted by Crippen LogP contribution is 2.44. The van der Waals surface area contributed by atoms with E-state index < -0.39 is 11.4 Å². The third kappa shape index (κ3) is 4.14. The van der Waals surface area contributed by atoms with Gasteiger partial charge in [0.15, 0.2) is 5.75 Å². The first-order valence-electron chi connectivity index (χ1n) is 7.42. The number of carbonyl (C=O) groups is 2. The quantitative estimate of drug-likeness (QED) is 0.710. The molecule has 0 saturated heterocycles. The number of hydrogen-bond acceptors (Lipinski definition) is 4. The van der Waals surface area contributed by atoms with Crippen LogP contribution in [0.4, 0.5) is 5.69 Å². The maximum Gasteiger partial charge on any atom is 0.310 e. The van der Waals surface area contributed by atoms with Gasteiger partial charge in [-0.15, -0.1) is 0 Å². The Hall–Kier alpha value is -1.79. The lowest BCUT2D eigenvalue weighted by Crippen LogP contribution is -2.41. The van der Waals surface area contributed by atoms with Crippen molar-refractivity contribution >= 4 is 29.2 Å². The Morgan fingerprint density at radius 2 is 2.09 bits per heavy atom. The number of ether oxygens (including phenoxy) is 2. The third-order valence-corrected chi connectivity index (χ3v) is 4.34. The van der Waals surface area contributed by atoms with E-state index in [9.17, 15) is 14.7 Å². The first-order chi connectivity index (χ1) is 11.0. The van der Waals surface area contributed by atoms with E-state index in [1.807, 2.05) is 0 Å². The average molecular weight is 342 g/mol. The summed E-state index contributed by atoms with van der Waals surface area (Å²) in [7, 11) is 1.56. The highest BCUT2D eigenvalue weighted by Gasteiger charge is 2.45. The summed E-state index contributed by atoms with van der Waals surface area (Å²) in [4.78, 5) is 23.6. The van der Waals surface area contributed by atoms with Gasteiger partial charge in [-0.25, -0.2) is 0 Å². The minimum absolute atomic E-state index is 0.0492. The lowest BCUT2D eigenvalue weighted by Gasteiger charge is -2.36. The van der Waals surface area contributed by atoms with Gasteiger partial charge >= 0.3 is 5.97 Å². The predicted molar refractivity (Wildman–Crippen MR) is 86.0 cm³/mol. The number of carbonyl (C=O) groups excluding carboxylic acids is 1. The van der Waals surface area contributed by atoms with Crippen LogP contribution in [-0.2, 0) is 14.3 Å². The number of aliphatic carboxylic acids is 1. The Labute approximate surface area is 139 Å². The third-order valence-electron chi connectivity index (χ3n) is 4.04. The second-order valence-electron chi connectivity index (χ2n) is 5.62. The van der Waals surface area contributed by atoms with Crippen molar-refractivity contribution in [3.8, 4) is 5.75 Å². The fourth-order valence-electron chi connectivity index (χ4n) is 2.55. The molecule has 0 bridgehead atoms. The monoisotopic (exact) mass is 341 g/mol. The molecule has 1 aliphatic rings. The largest absolute Gasteiger partial charge is 0.487 e. The molecule has 1 aromatic carbocycles. The van der Waals surface area contributed by atoms with Crippen LogP contribution in [0.2, 0.25) is 5.02 Å². The van der Waals surface area contributed by atoms with Crippen LogP contribution in [0.25, 0.3) is 0 Å². The molecule has 2 rings (SSSR count). The summed E-state index contributed by atoms with van der Waals surface area (Å²) in [5.41, 5.74) is -0.502. The Balaban J connectivity index is 2.05. The molecule has 1 fully saturated rings. The van der Waals surface area contributed by atoms with Gasteiger partial charge in [-0.3, -0.25) is 9.59 Å². The second-order valence-corrected chi connectivity index (χ2v) is 6.03. The van der Waals surface area contributed by atoms with E-state index in [0.29, 0.717) is 42.5 Å².